The molecule has 6 heteroatoms. The maximum absolute atomic E-state index is 11.8. The van der Waals surface area contributed by atoms with Crippen LogP contribution in [0.2, 0.25) is 0 Å². The smallest absolute Gasteiger partial charge is 0.338 e. The molecule has 2 rings (SSSR count). The molecule has 0 saturated heterocycles. The predicted molar refractivity (Wildman–Crippen MR) is 91.1 cm³/mol. The highest BCUT2D eigenvalue weighted by atomic mass is 16.5. The van der Waals surface area contributed by atoms with Gasteiger partial charge in [-0.25, -0.2) is 10.2 Å². The number of hydrogen-bond donors (Lipinski definition) is 1. The van der Waals surface area contributed by atoms with Crippen LogP contribution >= 0.6 is 0 Å². The minimum atomic E-state index is -0.376. The quantitative estimate of drug-likeness (QED) is 0.642. The van der Waals surface area contributed by atoms with Crippen molar-refractivity contribution in [3.63, 3.8) is 0 Å². The number of esters is 1. The summed E-state index contributed by atoms with van der Waals surface area (Å²) in [6, 6.07) is 6.48. The van der Waals surface area contributed by atoms with Crippen molar-refractivity contribution in [2.45, 2.75) is 39.5 Å². The van der Waals surface area contributed by atoms with Gasteiger partial charge >= 0.3 is 5.97 Å². The molecule has 1 N–H and O–H groups in total. The molecule has 1 unspecified atom stereocenters. The highest BCUT2D eigenvalue weighted by Gasteiger charge is 2.14. The summed E-state index contributed by atoms with van der Waals surface area (Å²) in [7, 11) is 0. The van der Waals surface area contributed by atoms with Gasteiger partial charge in [0.25, 0.3) is 5.91 Å². The molecule has 1 saturated carbocycles. The van der Waals surface area contributed by atoms with Crippen LogP contribution in [0.25, 0.3) is 0 Å². The standard InChI is InChI=1S/C18H24N2O4/c1-3-23-18(22)14-7-9-16(10-8-14)24-12-17(21)20-19-15-6-4-5-13(2)11-15/h7-10,13H,3-6,11-12H2,1-2H3,(H,20,21). The van der Waals surface area contributed by atoms with Gasteiger partial charge in [-0.1, -0.05) is 6.92 Å². The largest absolute Gasteiger partial charge is 0.484 e. The van der Waals surface area contributed by atoms with Crippen molar-refractivity contribution < 1.29 is 19.1 Å². The topological polar surface area (TPSA) is 77.0 Å². The lowest BCUT2D eigenvalue weighted by atomic mass is 9.89. The van der Waals surface area contributed by atoms with Crippen LogP contribution in [-0.4, -0.2) is 30.8 Å². The van der Waals surface area contributed by atoms with Gasteiger partial charge in [0.2, 0.25) is 0 Å². The molecule has 1 aromatic rings. The number of nitrogens with zero attached hydrogens (tertiary/aromatic N) is 1. The van der Waals surface area contributed by atoms with Crippen LogP contribution < -0.4 is 10.2 Å². The van der Waals surface area contributed by atoms with Crippen molar-refractivity contribution in [2.24, 2.45) is 11.0 Å². The van der Waals surface area contributed by atoms with E-state index in [1.54, 1.807) is 31.2 Å². The maximum Gasteiger partial charge on any atom is 0.338 e. The molecule has 24 heavy (non-hydrogen) atoms. The van der Waals surface area contributed by atoms with Crippen molar-refractivity contribution >= 4 is 17.6 Å². The van der Waals surface area contributed by atoms with E-state index in [4.69, 9.17) is 9.47 Å². The fourth-order valence-corrected chi connectivity index (χ4v) is 2.59. The third-order valence-electron chi connectivity index (χ3n) is 3.82. The first-order valence-electron chi connectivity index (χ1n) is 8.32. The van der Waals surface area contributed by atoms with Crippen LogP contribution in [0, 0.1) is 5.92 Å². The second-order valence-corrected chi connectivity index (χ2v) is 5.95. The van der Waals surface area contributed by atoms with Crippen molar-refractivity contribution in [2.75, 3.05) is 13.2 Å². The Kier molecular flexibility index (Phi) is 6.78. The second-order valence-electron chi connectivity index (χ2n) is 5.95. The van der Waals surface area contributed by atoms with E-state index in [-0.39, 0.29) is 18.5 Å². The number of nitrogens with one attached hydrogen (secondary N) is 1. The fraction of sp³-hybridized carbons (Fsp3) is 0.500. The van der Waals surface area contributed by atoms with Crippen LogP contribution in [0.1, 0.15) is 49.9 Å². The average Bonchev–Trinajstić information content (AvgIpc) is 2.59. The van der Waals surface area contributed by atoms with E-state index >= 15 is 0 Å². The first-order chi connectivity index (χ1) is 11.6. The molecule has 1 aliphatic carbocycles. The first-order valence-corrected chi connectivity index (χ1v) is 8.32. The molecule has 0 aromatic heterocycles. The summed E-state index contributed by atoms with van der Waals surface area (Å²) < 4.78 is 10.3. The minimum absolute atomic E-state index is 0.120. The van der Waals surface area contributed by atoms with E-state index in [0.717, 1.165) is 25.0 Å². The molecule has 130 valence electrons. The maximum atomic E-state index is 11.8. The van der Waals surface area contributed by atoms with E-state index in [9.17, 15) is 9.59 Å². The molecule has 0 aliphatic heterocycles. The number of amides is 1. The van der Waals surface area contributed by atoms with Crippen molar-refractivity contribution in [3.05, 3.63) is 29.8 Å². The molecular formula is C18H24N2O4. The van der Waals surface area contributed by atoms with E-state index < -0.39 is 0 Å². The number of hydrazone groups is 1. The van der Waals surface area contributed by atoms with Gasteiger partial charge in [0, 0.05) is 5.71 Å². The minimum Gasteiger partial charge on any atom is -0.484 e. The van der Waals surface area contributed by atoms with Gasteiger partial charge in [-0.15, -0.1) is 0 Å². The summed E-state index contributed by atoms with van der Waals surface area (Å²) in [6.07, 6.45) is 4.23. The zero-order chi connectivity index (χ0) is 17.4. The summed E-state index contributed by atoms with van der Waals surface area (Å²) in [5.74, 6) is 0.468. The van der Waals surface area contributed by atoms with E-state index in [2.05, 4.69) is 17.5 Å². The van der Waals surface area contributed by atoms with E-state index in [1.165, 1.54) is 6.42 Å². The molecule has 0 spiro atoms. The number of hydrogen-bond acceptors (Lipinski definition) is 5. The van der Waals surface area contributed by atoms with Gasteiger partial charge in [0.15, 0.2) is 6.61 Å². The Labute approximate surface area is 142 Å². The van der Waals surface area contributed by atoms with Crippen LogP contribution in [0.5, 0.6) is 5.75 Å². The molecule has 6 nitrogen and oxygen atoms in total. The summed E-state index contributed by atoms with van der Waals surface area (Å²) in [5.41, 5.74) is 4.03. The van der Waals surface area contributed by atoms with Gasteiger partial charge in [0.1, 0.15) is 5.75 Å². The highest BCUT2D eigenvalue weighted by Crippen LogP contribution is 2.20. The van der Waals surface area contributed by atoms with Gasteiger partial charge in [-0.05, 0) is 62.8 Å². The average molecular weight is 332 g/mol. The summed E-state index contributed by atoms with van der Waals surface area (Å²) in [4.78, 5) is 23.3. The molecule has 1 aliphatic rings. The normalized spacial score (nSPS) is 18.9. The van der Waals surface area contributed by atoms with E-state index in [1.807, 2.05) is 0 Å². The molecule has 0 radical (unpaired) electrons. The SMILES string of the molecule is CCOC(=O)c1ccc(OCC(=O)NN=C2CCCC(C)C2)cc1. The zero-order valence-corrected chi connectivity index (χ0v) is 14.2. The van der Waals surface area contributed by atoms with Crippen LogP contribution in [0.4, 0.5) is 0 Å². The number of ether oxygens (including phenoxy) is 2. The zero-order valence-electron chi connectivity index (χ0n) is 14.2. The monoisotopic (exact) mass is 332 g/mol. The summed E-state index contributed by atoms with van der Waals surface area (Å²) in [5, 5.41) is 4.18. The summed E-state index contributed by atoms with van der Waals surface area (Å²) in [6.45, 7) is 4.16. The molecular weight excluding hydrogens is 308 g/mol. The third kappa shape index (κ3) is 5.68. The second kappa shape index (κ2) is 9.05. The third-order valence-corrected chi connectivity index (χ3v) is 3.82. The lowest BCUT2D eigenvalue weighted by molar-refractivity contribution is -0.123. The molecule has 1 aromatic carbocycles. The fourth-order valence-electron chi connectivity index (χ4n) is 2.59. The van der Waals surface area contributed by atoms with Crippen molar-refractivity contribution in [3.8, 4) is 5.75 Å². The lowest BCUT2D eigenvalue weighted by Crippen LogP contribution is -2.27. The number of carbonyl (C=O) groups is 2. The van der Waals surface area contributed by atoms with Gasteiger partial charge in [-0.2, -0.15) is 5.10 Å². The van der Waals surface area contributed by atoms with Crippen molar-refractivity contribution in [1.29, 1.82) is 0 Å². The Morgan fingerprint density at radius 1 is 1.29 bits per heavy atom. The van der Waals surface area contributed by atoms with E-state index in [0.29, 0.717) is 23.8 Å². The van der Waals surface area contributed by atoms with Crippen LogP contribution in [-0.2, 0) is 9.53 Å². The Morgan fingerprint density at radius 2 is 2.04 bits per heavy atom. The lowest BCUT2D eigenvalue weighted by Gasteiger charge is -2.18. The van der Waals surface area contributed by atoms with Gasteiger partial charge in [-0.3, -0.25) is 4.79 Å². The predicted octanol–water partition coefficient (Wildman–Crippen LogP) is 2.92. The molecule has 1 fully saturated rings. The van der Waals surface area contributed by atoms with Gasteiger partial charge in [0.05, 0.1) is 12.2 Å². The molecule has 1 amide bonds. The Balaban J connectivity index is 1.77. The number of benzene rings is 1. The molecule has 1 atom stereocenters. The summed E-state index contributed by atoms with van der Waals surface area (Å²) >= 11 is 0. The highest BCUT2D eigenvalue weighted by molar-refractivity contribution is 5.89. The number of carbonyl (C=O) groups excluding carboxylic acids is 2. The first kappa shape index (κ1) is 18.0. The van der Waals surface area contributed by atoms with Crippen LogP contribution in [0.3, 0.4) is 0 Å². The van der Waals surface area contributed by atoms with Gasteiger partial charge < -0.3 is 9.47 Å². The number of rotatable bonds is 6. The Hall–Kier alpha value is -2.37. The Morgan fingerprint density at radius 3 is 2.71 bits per heavy atom. The van der Waals surface area contributed by atoms with Crippen LogP contribution in [0.15, 0.2) is 29.4 Å². The molecule has 0 bridgehead atoms. The molecule has 0 heterocycles. The van der Waals surface area contributed by atoms with Crippen molar-refractivity contribution in [1.82, 2.24) is 5.43 Å². The Bertz CT molecular complexity index is 596.